The van der Waals surface area contributed by atoms with Crippen LogP contribution in [0.5, 0.6) is 0 Å². The zero-order valence-electron chi connectivity index (χ0n) is 14.4. The molecular formula is C19H20BN3O3. The normalized spacial score (nSPS) is 12.0. The highest BCUT2D eigenvalue weighted by molar-refractivity contribution is 6.59. The van der Waals surface area contributed by atoms with Crippen molar-refractivity contribution in [3.63, 3.8) is 0 Å². The van der Waals surface area contributed by atoms with Crippen LogP contribution in [0.3, 0.4) is 0 Å². The van der Waals surface area contributed by atoms with Gasteiger partial charge in [-0.1, -0.05) is 24.3 Å². The molecule has 0 bridgehead atoms. The maximum absolute atomic E-state index is 12.8. The molecule has 132 valence electrons. The van der Waals surface area contributed by atoms with Gasteiger partial charge in [0.15, 0.2) is 0 Å². The Labute approximate surface area is 151 Å². The Balaban J connectivity index is 1.88. The summed E-state index contributed by atoms with van der Waals surface area (Å²) in [5.41, 5.74) is 8.22. The summed E-state index contributed by atoms with van der Waals surface area (Å²) in [6.07, 6.45) is 3.46. The first-order valence-corrected chi connectivity index (χ1v) is 8.31. The number of pyridine rings is 1. The third-order valence-corrected chi connectivity index (χ3v) is 4.53. The first kappa shape index (κ1) is 18.1. The van der Waals surface area contributed by atoms with Crippen LogP contribution in [0, 0.1) is 6.92 Å². The summed E-state index contributed by atoms with van der Waals surface area (Å²) in [5, 5.41) is 23.8. The van der Waals surface area contributed by atoms with Gasteiger partial charge in [0, 0.05) is 30.0 Å². The molecule has 6 nitrogen and oxygen atoms in total. The number of rotatable bonds is 5. The molecule has 7 heteroatoms. The van der Waals surface area contributed by atoms with E-state index in [1.165, 1.54) is 0 Å². The number of nitrogens with one attached hydrogen (secondary N) is 1. The van der Waals surface area contributed by atoms with Crippen LogP contribution in [-0.2, 0) is 4.79 Å². The van der Waals surface area contributed by atoms with Gasteiger partial charge in [0.05, 0.1) is 5.92 Å². The fourth-order valence-corrected chi connectivity index (χ4v) is 3.10. The highest BCUT2D eigenvalue weighted by Gasteiger charge is 2.24. The molecule has 0 saturated heterocycles. The maximum Gasteiger partial charge on any atom is 0.488 e. The minimum Gasteiger partial charge on any atom is -0.423 e. The molecular weight excluding hydrogens is 329 g/mol. The van der Waals surface area contributed by atoms with Gasteiger partial charge in [-0.3, -0.25) is 9.78 Å². The Morgan fingerprint density at radius 3 is 2.77 bits per heavy atom. The Bertz CT molecular complexity index is 946. The van der Waals surface area contributed by atoms with Crippen molar-refractivity contribution >= 4 is 34.9 Å². The highest BCUT2D eigenvalue weighted by atomic mass is 16.4. The Kier molecular flexibility index (Phi) is 5.32. The largest absolute Gasteiger partial charge is 0.488 e. The fourth-order valence-electron chi connectivity index (χ4n) is 3.10. The molecule has 3 rings (SSSR count). The van der Waals surface area contributed by atoms with Gasteiger partial charge >= 0.3 is 7.12 Å². The summed E-state index contributed by atoms with van der Waals surface area (Å²) in [5.74, 6) is -0.838. The van der Waals surface area contributed by atoms with Crippen LogP contribution in [0.1, 0.15) is 17.0 Å². The zero-order chi connectivity index (χ0) is 18.7. The molecule has 5 N–H and O–H groups in total. The molecule has 26 heavy (non-hydrogen) atoms. The van der Waals surface area contributed by atoms with Crippen molar-refractivity contribution in [2.75, 3.05) is 11.9 Å². The third kappa shape index (κ3) is 3.60. The monoisotopic (exact) mass is 349 g/mol. The molecule has 0 aliphatic carbocycles. The van der Waals surface area contributed by atoms with E-state index in [4.69, 9.17) is 5.73 Å². The minimum atomic E-state index is -1.59. The predicted octanol–water partition coefficient (Wildman–Crippen LogP) is 0.904. The summed E-state index contributed by atoms with van der Waals surface area (Å²) in [6, 6.07) is 12.6. The van der Waals surface area contributed by atoms with Crippen molar-refractivity contribution in [3.05, 3.63) is 66.0 Å². The van der Waals surface area contributed by atoms with Gasteiger partial charge in [0.1, 0.15) is 0 Å². The van der Waals surface area contributed by atoms with Crippen LogP contribution in [0.2, 0.25) is 0 Å². The number of carbonyl (C=O) groups is 1. The fraction of sp³-hybridized carbons (Fsp3) is 0.158. The predicted molar refractivity (Wildman–Crippen MR) is 103 cm³/mol. The quantitative estimate of drug-likeness (QED) is 0.512. The highest BCUT2D eigenvalue weighted by Crippen LogP contribution is 2.22. The van der Waals surface area contributed by atoms with E-state index in [1.807, 2.05) is 24.3 Å². The molecule has 1 amide bonds. The molecule has 0 spiro atoms. The van der Waals surface area contributed by atoms with Crippen molar-refractivity contribution < 1.29 is 14.8 Å². The van der Waals surface area contributed by atoms with Crippen LogP contribution in [0.4, 0.5) is 5.69 Å². The smallest absolute Gasteiger partial charge is 0.423 e. The first-order chi connectivity index (χ1) is 12.5. The number of nitrogens with zero attached hydrogens (tertiary/aromatic N) is 1. The van der Waals surface area contributed by atoms with Crippen LogP contribution in [0.25, 0.3) is 10.8 Å². The van der Waals surface area contributed by atoms with E-state index >= 15 is 0 Å². The summed E-state index contributed by atoms with van der Waals surface area (Å²) in [4.78, 5) is 16.9. The number of benzene rings is 2. The van der Waals surface area contributed by atoms with Gasteiger partial charge in [-0.2, -0.15) is 0 Å². The van der Waals surface area contributed by atoms with Crippen LogP contribution < -0.4 is 16.5 Å². The molecule has 0 saturated carbocycles. The molecule has 2 aromatic carbocycles. The summed E-state index contributed by atoms with van der Waals surface area (Å²) in [7, 11) is -1.59. The van der Waals surface area contributed by atoms with Crippen LogP contribution >= 0.6 is 0 Å². The molecule has 0 fully saturated rings. The van der Waals surface area contributed by atoms with Crippen molar-refractivity contribution in [1.29, 1.82) is 0 Å². The number of amides is 1. The van der Waals surface area contributed by atoms with Gasteiger partial charge in [0.2, 0.25) is 5.91 Å². The topological polar surface area (TPSA) is 108 Å². The molecule has 1 unspecified atom stereocenters. The van der Waals surface area contributed by atoms with Crippen molar-refractivity contribution in [2.45, 2.75) is 12.8 Å². The molecule has 1 heterocycles. The van der Waals surface area contributed by atoms with E-state index in [1.54, 1.807) is 37.5 Å². The van der Waals surface area contributed by atoms with Gasteiger partial charge in [-0.05, 0) is 47.1 Å². The Hall–Kier alpha value is -2.74. The number of carbonyl (C=O) groups excluding carboxylic acids is 1. The summed E-state index contributed by atoms with van der Waals surface area (Å²) < 4.78 is 0. The SMILES string of the molecule is Cc1c(B(O)O)cccc1C(CN)C(=O)Nc1ccc2cnccc2c1. The van der Waals surface area contributed by atoms with Crippen molar-refractivity contribution in [3.8, 4) is 0 Å². The Morgan fingerprint density at radius 1 is 1.23 bits per heavy atom. The van der Waals surface area contributed by atoms with E-state index in [9.17, 15) is 14.8 Å². The lowest BCUT2D eigenvalue weighted by Gasteiger charge is -2.19. The zero-order valence-corrected chi connectivity index (χ0v) is 14.4. The van der Waals surface area contributed by atoms with Crippen LogP contribution in [0.15, 0.2) is 54.9 Å². The van der Waals surface area contributed by atoms with Crippen LogP contribution in [-0.4, -0.2) is 34.6 Å². The molecule has 1 atom stereocenters. The van der Waals surface area contributed by atoms with Gasteiger partial charge < -0.3 is 21.1 Å². The standard InChI is InChI=1S/C19H20BN3O3/c1-12-16(3-2-4-18(12)20(25)26)17(10-21)19(24)23-15-6-5-14-11-22-8-7-13(14)9-15/h2-9,11,17,25-26H,10,21H2,1H3,(H,23,24). The van der Waals surface area contributed by atoms with Gasteiger partial charge in [-0.25, -0.2) is 0 Å². The van der Waals surface area contributed by atoms with Gasteiger partial charge in [-0.15, -0.1) is 0 Å². The molecule has 1 aromatic heterocycles. The number of hydrogen-bond acceptors (Lipinski definition) is 5. The average Bonchev–Trinajstić information content (AvgIpc) is 2.63. The number of aromatic nitrogens is 1. The van der Waals surface area contributed by atoms with Gasteiger partial charge in [0.25, 0.3) is 0 Å². The third-order valence-electron chi connectivity index (χ3n) is 4.53. The number of anilines is 1. The second-order valence-electron chi connectivity index (χ2n) is 6.15. The maximum atomic E-state index is 12.8. The number of nitrogens with two attached hydrogens (primary N) is 1. The van der Waals surface area contributed by atoms with E-state index in [-0.39, 0.29) is 12.5 Å². The first-order valence-electron chi connectivity index (χ1n) is 8.31. The molecule has 0 aliphatic heterocycles. The van der Waals surface area contributed by atoms with E-state index in [2.05, 4.69) is 10.3 Å². The molecule has 0 radical (unpaired) electrons. The average molecular weight is 349 g/mol. The number of hydrogen-bond donors (Lipinski definition) is 4. The lowest BCUT2D eigenvalue weighted by Crippen LogP contribution is -2.35. The second kappa shape index (κ2) is 7.66. The summed E-state index contributed by atoms with van der Waals surface area (Å²) in [6.45, 7) is 1.86. The van der Waals surface area contributed by atoms with E-state index in [0.717, 1.165) is 10.8 Å². The minimum absolute atomic E-state index is 0.106. The molecule has 3 aromatic rings. The second-order valence-corrected chi connectivity index (χ2v) is 6.15. The molecule has 0 aliphatic rings. The summed E-state index contributed by atoms with van der Waals surface area (Å²) >= 11 is 0. The Morgan fingerprint density at radius 2 is 2.04 bits per heavy atom. The van der Waals surface area contributed by atoms with Crippen molar-refractivity contribution in [1.82, 2.24) is 4.98 Å². The van der Waals surface area contributed by atoms with E-state index < -0.39 is 13.0 Å². The lowest BCUT2D eigenvalue weighted by atomic mass is 9.74. The van der Waals surface area contributed by atoms with E-state index in [0.29, 0.717) is 22.3 Å². The lowest BCUT2D eigenvalue weighted by molar-refractivity contribution is -0.117. The van der Waals surface area contributed by atoms with Crippen molar-refractivity contribution in [2.24, 2.45) is 5.73 Å². The number of fused-ring (bicyclic) bond motifs is 1.